The zero-order chi connectivity index (χ0) is 15.6. The molecule has 0 saturated carbocycles. The van der Waals surface area contributed by atoms with Crippen LogP contribution in [0.5, 0.6) is 0 Å². The fourth-order valence-electron chi connectivity index (χ4n) is 2.34. The van der Waals surface area contributed by atoms with E-state index in [0.29, 0.717) is 25.3 Å². The van der Waals surface area contributed by atoms with Crippen LogP contribution in [-0.4, -0.2) is 38.4 Å². The minimum atomic E-state index is -4.08. The number of methoxy groups -OCH3 is 1. The van der Waals surface area contributed by atoms with Crippen LogP contribution in [0, 0.1) is 11.6 Å². The number of benzene rings is 1. The molecule has 0 spiro atoms. The number of carbonyl (C=O) groups excluding carboxylic acids is 1. The van der Waals surface area contributed by atoms with Gasteiger partial charge in [0.1, 0.15) is 6.04 Å². The van der Waals surface area contributed by atoms with Crippen molar-refractivity contribution in [1.82, 2.24) is 4.31 Å². The highest BCUT2D eigenvalue weighted by molar-refractivity contribution is 7.89. The maximum absolute atomic E-state index is 13.2. The van der Waals surface area contributed by atoms with Gasteiger partial charge >= 0.3 is 5.97 Å². The topological polar surface area (TPSA) is 63.7 Å². The van der Waals surface area contributed by atoms with E-state index >= 15 is 0 Å². The van der Waals surface area contributed by atoms with Gasteiger partial charge in [-0.3, -0.25) is 4.79 Å². The van der Waals surface area contributed by atoms with Crippen LogP contribution < -0.4 is 0 Å². The summed E-state index contributed by atoms with van der Waals surface area (Å²) in [5.41, 5.74) is 0. The summed E-state index contributed by atoms with van der Waals surface area (Å²) in [7, 11) is -2.90. The van der Waals surface area contributed by atoms with E-state index in [9.17, 15) is 22.0 Å². The van der Waals surface area contributed by atoms with E-state index in [-0.39, 0.29) is 11.4 Å². The molecule has 1 aliphatic heterocycles. The molecule has 0 radical (unpaired) electrons. The fourth-order valence-corrected chi connectivity index (χ4v) is 4.00. The third-order valence-electron chi connectivity index (χ3n) is 3.42. The molecule has 1 aromatic rings. The molecule has 0 aromatic heterocycles. The maximum Gasteiger partial charge on any atom is 0.324 e. The Bertz CT molecular complexity index is 648. The number of rotatable bonds is 3. The van der Waals surface area contributed by atoms with E-state index in [4.69, 9.17) is 0 Å². The molecule has 116 valence electrons. The van der Waals surface area contributed by atoms with Crippen molar-refractivity contribution >= 4 is 16.0 Å². The summed E-state index contributed by atoms with van der Waals surface area (Å²) in [5.74, 6) is -3.03. The molecular weight excluding hydrogens is 304 g/mol. The molecule has 0 bridgehead atoms. The van der Waals surface area contributed by atoms with Crippen LogP contribution in [0.15, 0.2) is 23.1 Å². The molecule has 1 saturated heterocycles. The van der Waals surface area contributed by atoms with Gasteiger partial charge < -0.3 is 4.74 Å². The van der Waals surface area contributed by atoms with Crippen LogP contribution in [0.4, 0.5) is 8.78 Å². The maximum atomic E-state index is 13.2. The van der Waals surface area contributed by atoms with Gasteiger partial charge in [0.15, 0.2) is 11.6 Å². The normalized spacial score (nSPS) is 20.2. The number of esters is 1. The molecule has 8 heteroatoms. The largest absolute Gasteiger partial charge is 0.468 e. The number of nitrogens with zero attached hydrogens (tertiary/aromatic N) is 1. The Balaban J connectivity index is 2.40. The quantitative estimate of drug-likeness (QED) is 0.795. The average molecular weight is 319 g/mol. The predicted molar refractivity (Wildman–Crippen MR) is 69.9 cm³/mol. The van der Waals surface area contributed by atoms with Crippen molar-refractivity contribution in [2.75, 3.05) is 13.7 Å². The lowest BCUT2D eigenvalue weighted by atomic mass is 10.1. The summed E-state index contributed by atoms with van der Waals surface area (Å²) >= 11 is 0. The molecule has 1 aromatic carbocycles. The third kappa shape index (κ3) is 3.06. The highest BCUT2D eigenvalue weighted by Gasteiger charge is 2.38. The van der Waals surface area contributed by atoms with Gasteiger partial charge in [-0.25, -0.2) is 17.2 Å². The molecule has 1 aliphatic rings. The summed E-state index contributed by atoms with van der Waals surface area (Å²) in [6.07, 6.45) is 1.63. The lowest BCUT2D eigenvalue weighted by Gasteiger charge is -2.32. The van der Waals surface area contributed by atoms with Crippen LogP contribution in [0.3, 0.4) is 0 Å². The zero-order valence-corrected chi connectivity index (χ0v) is 12.2. The Morgan fingerprint density at radius 3 is 2.62 bits per heavy atom. The molecule has 1 heterocycles. The first-order valence-corrected chi connectivity index (χ1v) is 7.86. The minimum Gasteiger partial charge on any atom is -0.468 e. The summed E-state index contributed by atoms with van der Waals surface area (Å²) in [6, 6.07) is 1.42. The molecular formula is C13H15F2NO4S. The van der Waals surface area contributed by atoms with Gasteiger partial charge in [-0.1, -0.05) is 0 Å². The highest BCUT2D eigenvalue weighted by atomic mass is 32.2. The molecule has 5 nitrogen and oxygen atoms in total. The van der Waals surface area contributed by atoms with E-state index in [0.717, 1.165) is 16.4 Å². The Morgan fingerprint density at radius 1 is 1.29 bits per heavy atom. The van der Waals surface area contributed by atoms with Gasteiger partial charge in [0.05, 0.1) is 12.0 Å². The molecule has 0 amide bonds. The molecule has 0 aliphatic carbocycles. The first-order chi connectivity index (χ1) is 9.87. The monoisotopic (exact) mass is 319 g/mol. The Morgan fingerprint density at radius 2 is 2.00 bits per heavy atom. The highest BCUT2D eigenvalue weighted by Crippen LogP contribution is 2.26. The second kappa shape index (κ2) is 6.07. The van der Waals surface area contributed by atoms with Crippen LogP contribution in [0.2, 0.25) is 0 Å². The predicted octanol–water partition coefficient (Wildman–Crippen LogP) is 1.68. The van der Waals surface area contributed by atoms with Gasteiger partial charge in [-0.2, -0.15) is 4.31 Å². The van der Waals surface area contributed by atoms with Gasteiger partial charge in [0.2, 0.25) is 10.0 Å². The number of carbonyl (C=O) groups is 1. The standard InChI is InChI=1S/C13H15F2NO4S/c1-20-13(17)12-4-2-3-7-16(12)21(18,19)9-5-6-10(14)11(15)8-9/h5-6,8,12H,2-4,7H2,1H3/t12-/m1/s1. The molecule has 0 N–H and O–H groups in total. The van der Waals surface area contributed by atoms with Crippen LogP contribution in [-0.2, 0) is 19.6 Å². The zero-order valence-electron chi connectivity index (χ0n) is 11.4. The second-order valence-corrected chi connectivity index (χ2v) is 6.62. The number of ether oxygens (including phenoxy) is 1. The van der Waals surface area contributed by atoms with E-state index in [1.165, 1.54) is 7.11 Å². The molecule has 2 rings (SSSR count). The smallest absolute Gasteiger partial charge is 0.324 e. The van der Waals surface area contributed by atoms with Crippen LogP contribution >= 0.6 is 0 Å². The fraction of sp³-hybridized carbons (Fsp3) is 0.462. The molecule has 0 unspecified atom stereocenters. The number of sulfonamides is 1. The summed E-state index contributed by atoms with van der Waals surface area (Å²) in [6.45, 7) is 0.140. The van der Waals surface area contributed by atoms with Gasteiger partial charge in [-0.15, -0.1) is 0 Å². The number of halogens is 2. The van der Waals surface area contributed by atoms with E-state index in [1.807, 2.05) is 0 Å². The Labute approximate surface area is 121 Å². The van der Waals surface area contributed by atoms with Crippen molar-refractivity contribution in [3.05, 3.63) is 29.8 Å². The summed E-state index contributed by atoms with van der Waals surface area (Å²) < 4.78 is 56.8. The van der Waals surface area contributed by atoms with Crippen LogP contribution in [0.1, 0.15) is 19.3 Å². The van der Waals surface area contributed by atoms with E-state index in [1.54, 1.807) is 0 Å². The molecule has 21 heavy (non-hydrogen) atoms. The van der Waals surface area contributed by atoms with Crippen LogP contribution in [0.25, 0.3) is 0 Å². The Hall–Kier alpha value is -1.54. The van der Waals surface area contributed by atoms with E-state index < -0.39 is 33.7 Å². The number of hydrogen-bond donors (Lipinski definition) is 0. The molecule has 1 fully saturated rings. The van der Waals surface area contributed by atoms with Crippen molar-refractivity contribution in [1.29, 1.82) is 0 Å². The van der Waals surface area contributed by atoms with Crippen molar-refractivity contribution in [3.8, 4) is 0 Å². The van der Waals surface area contributed by atoms with Gasteiger partial charge in [0.25, 0.3) is 0 Å². The lowest BCUT2D eigenvalue weighted by Crippen LogP contribution is -2.48. The van der Waals surface area contributed by atoms with Crippen molar-refractivity contribution < 1.29 is 26.7 Å². The molecule has 1 atom stereocenters. The Kier molecular flexibility index (Phi) is 4.58. The second-order valence-electron chi connectivity index (χ2n) is 4.73. The lowest BCUT2D eigenvalue weighted by molar-refractivity contribution is -0.146. The first kappa shape index (κ1) is 15.8. The average Bonchev–Trinajstić information content (AvgIpc) is 2.49. The SMILES string of the molecule is COC(=O)[C@H]1CCCCN1S(=O)(=O)c1ccc(F)c(F)c1. The third-order valence-corrected chi connectivity index (χ3v) is 5.33. The van der Waals surface area contributed by atoms with E-state index in [2.05, 4.69) is 4.74 Å². The van der Waals surface area contributed by atoms with Gasteiger partial charge in [-0.05, 0) is 37.5 Å². The minimum absolute atomic E-state index is 0.140. The summed E-state index contributed by atoms with van der Waals surface area (Å²) in [4.78, 5) is 11.3. The van der Waals surface area contributed by atoms with Crippen molar-refractivity contribution in [2.45, 2.75) is 30.2 Å². The van der Waals surface area contributed by atoms with Crippen molar-refractivity contribution in [3.63, 3.8) is 0 Å². The summed E-state index contributed by atoms with van der Waals surface area (Å²) in [5, 5.41) is 0. The number of piperidine rings is 1. The first-order valence-electron chi connectivity index (χ1n) is 6.42. The van der Waals surface area contributed by atoms with Gasteiger partial charge in [0, 0.05) is 6.54 Å². The number of hydrogen-bond acceptors (Lipinski definition) is 4. The van der Waals surface area contributed by atoms with Crippen molar-refractivity contribution in [2.24, 2.45) is 0 Å².